The van der Waals surface area contributed by atoms with E-state index in [1.54, 1.807) is 67.8 Å². The summed E-state index contributed by atoms with van der Waals surface area (Å²) in [5, 5.41) is 9.58. The number of nitrogens with one attached hydrogen (secondary N) is 2. The maximum Gasteiger partial charge on any atom is 0.255 e. The molecule has 0 saturated carbocycles. The van der Waals surface area contributed by atoms with E-state index in [-0.39, 0.29) is 11.8 Å². The molecule has 0 aliphatic rings. The van der Waals surface area contributed by atoms with Crippen molar-refractivity contribution in [2.24, 2.45) is 0 Å². The Morgan fingerprint density at radius 1 is 0.886 bits per heavy atom. The first-order valence-corrected chi connectivity index (χ1v) is 10.9. The molecule has 8 nitrogen and oxygen atoms in total. The molecule has 178 valence electrons. The number of amides is 2. The van der Waals surface area contributed by atoms with Crippen molar-refractivity contribution >= 4 is 23.2 Å². The normalized spacial score (nSPS) is 10.5. The Kier molecular flexibility index (Phi) is 7.11. The molecule has 1 heterocycles. The fraction of sp³-hybridized carbons (Fsp3) is 0.148. The summed E-state index contributed by atoms with van der Waals surface area (Å²) in [5.74, 6) is 1.26. The zero-order valence-corrected chi connectivity index (χ0v) is 19.6. The average Bonchev–Trinajstić information content (AvgIpc) is 3.20. The van der Waals surface area contributed by atoms with Gasteiger partial charge in [-0.15, -0.1) is 0 Å². The van der Waals surface area contributed by atoms with Crippen molar-refractivity contribution < 1.29 is 23.6 Å². The van der Waals surface area contributed by atoms with Crippen molar-refractivity contribution in [3.05, 3.63) is 101 Å². The molecule has 1 aromatic heterocycles. The number of aromatic nitrogens is 1. The number of benzene rings is 3. The van der Waals surface area contributed by atoms with Crippen LogP contribution in [0.5, 0.6) is 11.5 Å². The summed E-state index contributed by atoms with van der Waals surface area (Å²) < 4.78 is 16.2. The van der Waals surface area contributed by atoms with E-state index in [1.165, 1.54) is 0 Å². The molecule has 4 aromatic rings. The number of carbonyl (C=O) groups is 2. The lowest BCUT2D eigenvalue weighted by Gasteiger charge is -2.11. The van der Waals surface area contributed by atoms with E-state index in [0.717, 1.165) is 11.3 Å². The van der Waals surface area contributed by atoms with Gasteiger partial charge in [0.1, 0.15) is 23.9 Å². The highest BCUT2D eigenvalue weighted by atomic mass is 16.5. The van der Waals surface area contributed by atoms with E-state index in [1.807, 2.05) is 26.0 Å². The van der Waals surface area contributed by atoms with Gasteiger partial charge in [-0.2, -0.15) is 0 Å². The van der Waals surface area contributed by atoms with E-state index in [0.29, 0.717) is 46.4 Å². The van der Waals surface area contributed by atoms with Gasteiger partial charge in [0, 0.05) is 16.8 Å². The number of ether oxygens (including phenoxy) is 2. The molecule has 0 radical (unpaired) electrons. The third-order valence-electron chi connectivity index (χ3n) is 5.42. The summed E-state index contributed by atoms with van der Waals surface area (Å²) in [6.07, 6.45) is 0. The van der Waals surface area contributed by atoms with Crippen LogP contribution in [0.1, 0.15) is 37.7 Å². The average molecular weight is 472 g/mol. The van der Waals surface area contributed by atoms with Gasteiger partial charge in [0.25, 0.3) is 11.8 Å². The van der Waals surface area contributed by atoms with Crippen LogP contribution in [-0.2, 0) is 6.61 Å². The summed E-state index contributed by atoms with van der Waals surface area (Å²) in [6, 6.07) is 20.7. The van der Waals surface area contributed by atoms with Gasteiger partial charge in [-0.1, -0.05) is 23.4 Å². The molecule has 35 heavy (non-hydrogen) atoms. The van der Waals surface area contributed by atoms with Crippen LogP contribution < -0.4 is 20.1 Å². The molecule has 8 heteroatoms. The number of anilines is 2. The number of hydrogen-bond donors (Lipinski definition) is 2. The van der Waals surface area contributed by atoms with E-state index < -0.39 is 0 Å². The van der Waals surface area contributed by atoms with Gasteiger partial charge >= 0.3 is 0 Å². The van der Waals surface area contributed by atoms with Crippen molar-refractivity contribution in [2.45, 2.75) is 20.5 Å². The summed E-state index contributed by atoms with van der Waals surface area (Å²) in [7, 11) is 1.54. The zero-order valence-electron chi connectivity index (χ0n) is 19.6. The van der Waals surface area contributed by atoms with Crippen LogP contribution in [0.25, 0.3) is 0 Å². The molecule has 0 unspecified atom stereocenters. The number of hydrogen-bond acceptors (Lipinski definition) is 6. The number of methoxy groups -OCH3 is 1. The van der Waals surface area contributed by atoms with Crippen molar-refractivity contribution in [3.8, 4) is 11.5 Å². The van der Waals surface area contributed by atoms with E-state index in [9.17, 15) is 9.59 Å². The SMILES string of the molecule is COc1ccccc1NC(=O)c1ccc(NC(=O)c2cccc(OCc3c(C)noc3C)c2)cc1. The summed E-state index contributed by atoms with van der Waals surface area (Å²) in [5.41, 5.74) is 3.69. The van der Waals surface area contributed by atoms with Crippen molar-refractivity contribution in [1.82, 2.24) is 5.16 Å². The minimum Gasteiger partial charge on any atom is -0.495 e. The minimum atomic E-state index is -0.293. The largest absolute Gasteiger partial charge is 0.495 e. The summed E-state index contributed by atoms with van der Waals surface area (Å²) >= 11 is 0. The molecule has 3 aromatic carbocycles. The second-order valence-electron chi connectivity index (χ2n) is 7.81. The molecule has 2 N–H and O–H groups in total. The van der Waals surface area contributed by atoms with Crippen LogP contribution in [0.4, 0.5) is 11.4 Å². The molecule has 2 amide bonds. The topological polar surface area (TPSA) is 103 Å². The lowest BCUT2D eigenvalue weighted by molar-refractivity contribution is 0.101. The first-order valence-electron chi connectivity index (χ1n) is 10.9. The molecule has 0 aliphatic carbocycles. The van der Waals surface area contributed by atoms with Gasteiger partial charge < -0.3 is 24.6 Å². The van der Waals surface area contributed by atoms with E-state index in [2.05, 4.69) is 15.8 Å². The number of aryl methyl sites for hydroxylation is 2. The molecule has 0 saturated heterocycles. The molecule has 0 spiro atoms. The predicted octanol–water partition coefficient (Wildman–Crippen LogP) is 5.38. The lowest BCUT2D eigenvalue weighted by atomic mass is 10.1. The van der Waals surface area contributed by atoms with Gasteiger partial charge in [0.15, 0.2) is 0 Å². The summed E-state index contributed by atoms with van der Waals surface area (Å²) in [6.45, 7) is 3.98. The molecule has 0 atom stereocenters. The molecule has 0 bridgehead atoms. The molecule has 0 aliphatic heterocycles. The summed E-state index contributed by atoms with van der Waals surface area (Å²) in [4.78, 5) is 25.3. The standard InChI is InChI=1S/C27H25N3O5/c1-17-23(18(2)35-30-17)16-34-22-8-6-7-20(15-22)27(32)28-21-13-11-19(12-14-21)26(31)29-24-9-4-5-10-25(24)33-3/h4-15H,16H2,1-3H3,(H,28,32)(H,29,31). The fourth-order valence-corrected chi connectivity index (χ4v) is 3.44. The third-order valence-corrected chi connectivity index (χ3v) is 5.42. The Morgan fingerprint density at radius 3 is 2.34 bits per heavy atom. The molecular weight excluding hydrogens is 446 g/mol. The number of rotatable bonds is 8. The van der Waals surface area contributed by atoms with Crippen molar-refractivity contribution in [2.75, 3.05) is 17.7 Å². The second-order valence-corrected chi connectivity index (χ2v) is 7.81. The van der Waals surface area contributed by atoms with E-state index >= 15 is 0 Å². The van der Waals surface area contributed by atoms with Crippen LogP contribution >= 0.6 is 0 Å². The second kappa shape index (κ2) is 10.6. The van der Waals surface area contributed by atoms with Crippen molar-refractivity contribution in [1.29, 1.82) is 0 Å². The van der Waals surface area contributed by atoms with Crippen LogP contribution in [0, 0.1) is 13.8 Å². The number of carbonyl (C=O) groups excluding carboxylic acids is 2. The van der Waals surface area contributed by atoms with Gasteiger partial charge in [-0.05, 0) is 68.4 Å². The maximum absolute atomic E-state index is 12.8. The Balaban J connectivity index is 1.37. The lowest BCUT2D eigenvalue weighted by Crippen LogP contribution is -2.14. The molecule has 0 fully saturated rings. The minimum absolute atomic E-state index is 0.282. The van der Waals surface area contributed by atoms with Crippen LogP contribution in [-0.4, -0.2) is 24.1 Å². The van der Waals surface area contributed by atoms with Crippen molar-refractivity contribution in [3.63, 3.8) is 0 Å². The number of para-hydroxylation sites is 2. The highest BCUT2D eigenvalue weighted by Crippen LogP contribution is 2.24. The van der Waals surface area contributed by atoms with E-state index in [4.69, 9.17) is 14.0 Å². The Hall–Kier alpha value is -4.59. The van der Waals surface area contributed by atoms with Gasteiger partial charge in [-0.25, -0.2) is 0 Å². The fourth-order valence-electron chi connectivity index (χ4n) is 3.44. The van der Waals surface area contributed by atoms with Gasteiger partial charge in [0.05, 0.1) is 24.1 Å². The third kappa shape index (κ3) is 5.67. The van der Waals surface area contributed by atoms with Gasteiger partial charge in [0.2, 0.25) is 0 Å². The zero-order chi connectivity index (χ0) is 24.8. The van der Waals surface area contributed by atoms with Crippen LogP contribution in [0.3, 0.4) is 0 Å². The first kappa shape index (κ1) is 23.6. The monoisotopic (exact) mass is 471 g/mol. The van der Waals surface area contributed by atoms with Gasteiger partial charge in [-0.3, -0.25) is 9.59 Å². The Labute approximate surface area is 202 Å². The Bertz CT molecular complexity index is 1330. The molecular formula is C27H25N3O5. The molecule has 4 rings (SSSR count). The van der Waals surface area contributed by atoms with Crippen LogP contribution in [0.2, 0.25) is 0 Å². The Morgan fingerprint density at radius 2 is 1.63 bits per heavy atom. The predicted molar refractivity (Wildman–Crippen MR) is 132 cm³/mol. The highest BCUT2D eigenvalue weighted by molar-refractivity contribution is 6.06. The maximum atomic E-state index is 12.8. The van der Waals surface area contributed by atoms with Crippen LogP contribution in [0.15, 0.2) is 77.3 Å². The number of nitrogens with zero attached hydrogens (tertiary/aromatic N) is 1. The smallest absolute Gasteiger partial charge is 0.255 e. The first-order chi connectivity index (χ1) is 16.9. The highest BCUT2D eigenvalue weighted by Gasteiger charge is 2.13. The quantitative estimate of drug-likeness (QED) is 0.358.